The quantitative estimate of drug-likeness (QED) is 0.0249. The largest absolute Gasteiger partial charge is 0.496 e. The Hall–Kier alpha value is -7.14. The number of anilines is 1. The van der Waals surface area contributed by atoms with E-state index in [2.05, 4.69) is 31.9 Å². The highest BCUT2D eigenvalue weighted by atomic mass is 32.2. The predicted octanol–water partition coefficient (Wildman–Crippen LogP) is -2.14. The molecule has 0 spiro atoms. The molecule has 616 valence electrons. The summed E-state index contributed by atoms with van der Waals surface area (Å²) in [7, 11) is -0.834. The number of carbonyl (C=O) groups excluding carboxylic acids is 12. The number of hydrogen-bond donors (Lipinski definition) is 10. The number of piperidine rings is 1. The number of fused-ring (bicyclic) bond motifs is 5. The first-order chi connectivity index (χ1) is 52.9. The topological polar surface area (TPSA) is 474 Å². The molecule has 10 amide bonds. The fraction of sp³-hybridized carbons (Fsp3) is 0.726. The zero-order valence-electron chi connectivity index (χ0n) is 63.3. The van der Waals surface area contributed by atoms with Crippen LogP contribution in [0.5, 0.6) is 5.75 Å². The molecule has 6 aliphatic rings. The van der Waals surface area contributed by atoms with Crippen molar-refractivity contribution in [2.45, 2.75) is 150 Å². The van der Waals surface area contributed by atoms with E-state index in [4.69, 9.17) is 48.4 Å². The van der Waals surface area contributed by atoms with Crippen molar-refractivity contribution in [1.82, 2.24) is 41.3 Å². The minimum atomic E-state index is -2.31. The number of methoxy groups -OCH3 is 1. The van der Waals surface area contributed by atoms with Crippen LogP contribution in [0.4, 0.5) is 5.69 Å². The van der Waals surface area contributed by atoms with Gasteiger partial charge in [0.05, 0.1) is 176 Å². The second-order valence-electron chi connectivity index (χ2n) is 27.9. The molecule has 1 aromatic carbocycles. The molecule has 6 aliphatic heterocycles. The number of thioether (sulfide) groups is 1. The summed E-state index contributed by atoms with van der Waals surface area (Å²) in [6.45, 7) is 9.19. The summed E-state index contributed by atoms with van der Waals surface area (Å²) in [5, 5.41) is 47.5. The fourth-order valence-corrected chi connectivity index (χ4v) is 16.7. The smallest absolute Gasteiger partial charge is 0.253 e. The molecule has 3 unspecified atom stereocenters. The first-order valence-electron chi connectivity index (χ1n) is 37.9. The number of primary amides is 1. The molecule has 0 radical (unpaired) electrons. The lowest BCUT2D eigenvalue weighted by Crippen LogP contribution is -2.60. The first kappa shape index (κ1) is 90.1. The van der Waals surface area contributed by atoms with Gasteiger partial charge < -0.3 is 105 Å². The molecule has 4 fully saturated rings. The maximum Gasteiger partial charge on any atom is 0.253 e. The Morgan fingerprint density at radius 2 is 1.29 bits per heavy atom. The fourth-order valence-electron chi connectivity index (χ4n) is 13.8. The summed E-state index contributed by atoms with van der Waals surface area (Å²) in [6.07, 6.45) is -0.394. The standard InChI is InChI=1S/C73H112N10O25S2/c1-5-45(2)51-8-6-7-48(85)39-75-68(94)47-35-53-52-9-10-60(100-4)54(43-109-50-13-16-81(17-14-50)63(91)15-19-101-21-23-103-25-27-105-29-31-107-33-34-108-32-30-106-28-26-104-24-22-102-20-18-82-64(92)11-12-65(82)93)67(52)80-72(53)110(99)44-56(77-62(90)40-76-69(51)95)70(96)78-55(38-61(74)89)73(98)83-41-49(86)37-57(83)71(97)79-66(58(87)36-47)46(3)59(88)42-84/h9-12,45-47,49-51,53,55-57,59,66,72,80,84,86,88H,5-8,13-44H2,1-4H3,(H2,74,89)(H,75,94)(H,76,95)(H,77,90)(H,78,96)(H,79,97)/t45-,46-,47+,49+,51-,53?,55-,56+,57-,59-,66-,72?,110?/m0/s1. The Balaban J connectivity index is 0.943. The molecule has 7 rings (SSSR count). The summed E-state index contributed by atoms with van der Waals surface area (Å²) in [5.74, 6) is -13.0. The van der Waals surface area contributed by atoms with Crippen molar-refractivity contribution in [2.75, 3.05) is 170 Å². The number of hydrogen-bond acceptors (Lipinski definition) is 27. The van der Waals surface area contributed by atoms with Crippen LogP contribution in [-0.2, 0) is 112 Å². The zero-order chi connectivity index (χ0) is 79.7. The van der Waals surface area contributed by atoms with Crippen LogP contribution in [0.15, 0.2) is 24.3 Å². The van der Waals surface area contributed by atoms with Crippen LogP contribution in [0, 0.1) is 23.7 Å². The lowest BCUT2D eigenvalue weighted by molar-refractivity contribution is -0.144. The van der Waals surface area contributed by atoms with Gasteiger partial charge in [-0.15, -0.1) is 0 Å². The van der Waals surface area contributed by atoms with E-state index in [1.807, 2.05) is 13.8 Å². The number of aliphatic hydroxyl groups is 3. The van der Waals surface area contributed by atoms with Gasteiger partial charge >= 0.3 is 0 Å². The van der Waals surface area contributed by atoms with Gasteiger partial charge in [0.1, 0.15) is 29.2 Å². The van der Waals surface area contributed by atoms with Crippen molar-refractivity contribution >= 4 is 98.9 Å². The Morgan fingerprint density at radius 1 is 0.709 bits per heavy atom. The maximum absolute atomic E-state index is 15.6. The van der Waals surface area contributed by atoms with Crippen molar-refractivity contribution < 1.29 is 120 Å². The Morgan fingerprint density at radius 3 is 1.86 bits per heavy atom. The van der Waals surface area contributed by atoms with E-state index in [1.165, 1.54) is 26.2 Å². The highest BCUT2D eigenvalue weighted by molar-refractivity contribution is 7.99. The van der Waals surface area contributed by atoms with Crippen LogP contribution in [0.3, 0.4) is 0 Å². The molecule has 0 aliphatic carbocycles. The van der Waals surface area contributed by atoms with Gasteiger partial charge in [-0.1, -0.05) is 33.3 Å². The third kappa shape index (κ3) is 28.2. The number of ketones is 2. The average Bonchev–Trinajstić information content (AvgIpc) is 1.61. The van der Waals surface area contributed by atoms with Crippen LogP contribution >= 0.6 is 11.8 Å². The SMILES string of the molecule is CC[C@H](C)[C@@H]1CCCC(=O)CNC(=O)[C@H]2CC(=O)[C@H]([C@@H](C)[C@@H](O)CO)NC(=O)[C@@H]3C[C@@H](O)CN3C(=O)[C@H](CC(N)=O)NC(=O)[C@@H](CS(=O)C3Nc4c(ccc(OC)c4CSC4CCN(C(=O)CCOCCOCCOCCOCCOCCOCCOCCOCCN5C(=O)C=CC5=O)CC4)C3C2)NC(=O)CNC1=O. The molecule has 0 saturated carbocycles. The van der Waals surface area contributed by atoms with Gasteiger partial charge in [0.2, 0.25) is 47.3 Å². The summed E-state index contributed by atoms with van der Waals surface area (Å²) in [5.41, 5.74) is 7.24. The number of nitrogens with zero attached hydrogens (tertiary/aromatic N) is 3. The molecule has 11 N–H and O–H groups in total. The lowest BCUT2D eigenvalue weighted by Gasteiger charge is -2.33. The summed E-state index contributed by atoms with van der Waals surface area (Å²) >= 11 is 1.60. The third-order valence-electron chi connectivity index (χ3n) is 20.2. The number of carbonyl (C=O) groups is 12. The summed E-state index contributed by atoms with van der Waals surface area (Å²) in [4.78, 5) is 169. The van der Waals surface area contributed by atoms with Crippen LogP contribution < -0.4 is 42.4 Å². The molecule has 1 aromatic rings. The highest BCUT2D eigenvalue weighted by Crippen LogP contribution is 2.48. The van der Waals surface area contributed by atoms with Gasteiger partial charge in [0.25, 0.3) is 11.8 Å². The predicted molar refractivity (Wildman–Crippen MR) is 398 cm³/mol. The van der Waals surface area contributed by atoms with Crippen LogP contribution in [-0.4, -0.2) is 316 Å². The van der Waals surface area contributed by atoms with E-state index in [1.54, 1.807) is 28.8 Å². The Kier molecular flexibility index (Phi) is 38.8. The molecule has 6 heterocycles. The summed E-state index contributed by atoms with van der Waals surface area (Å²) < 4.78 is 65.9. The number of nitrogens with one attached hydrogen (secondary N) is 6. The normalized spacial score (nSPS) is 25.3. The molecule has 13 atom stereocenters. The summed E-state index contributed by atoms with van der Waals surface area (Å²) in [6, 6.07) is -3.46. The van der Waals surface area contributed by atoms with E-state index in [-0.39, 0.29) is 87.4 Å². The molecular formula is C73H112N10O25S2. The van der Waals surface area contributed by atoms with Crippen molar-refractivity contribution in [3.05, 3.63) is 35.4 Å². The lowest BCUT2D eigenvalue weighted by atomic mass is 9.82. The molecule has 2 bridgehead atoms. The number of likely N-dealkylation sites (tertiary alicyclic amines) is 1. The van der Waals surface area contributed by atoms with Gasteiger partial charge in [-0.3, -0.25) is 66.6 Å². The molecule has 37 heteroatoms. The molecule has 0 aromatic heterocycles. The van der Waals surface area contributed by atoms with E-state index in [9.17, 15) is 68.1 Å². The van der Waals surface area contributed by atoms with Gasteiger partial charge in [0, 0.05) is 108 Å². The number of imide groups is 1. The highest BCUT2D eigenvalue weighted by Gasteiger charge is 2.47. The number of aliphatic hydroxyl groups excluding tert-OH is 3. The number of benzene rings is 1. The van der Waals surface area contributed by atoms with Gasteiger partial charge in [0.15, 0.2) is 11.6 Å². The minimum Gasteiger partial charge on any atom is -0.496 e. The number of ether oxygens (including phenoxy) is 9. The van der Waals surface area contributed by atoms with Crippen molar-refractivity contribution in [3.8, 4) is 5.75 Å². The van der Waals surface area contributed by atoms with Crippen LogP contribution in [0.2, 0.25) is 0 Å². The zero-order valence-corrected chi connectivity index (χ0v) is 65.0. The second-order valence-corrected chi connectivity index (χ2v) is 30.8. The number of nitrogens with two attached hydrogens (primary N) is 1. The second kappa shape index (κ2) is 47.4. The van der Waals surface area contributed by atoms with E-state index < -0.39 is 180 Å². The Labute approximate surface area is 647 Å². The van der Waals surface area contributed by atoms with Gasteiger partial charge in [-0.05, 0) is 49.7 Å². The minimum absolute atomic E-state index is 0.0470. The number of rotatable bonds is 38. The Bertz CT molecular complexity index is 3290. The molecule has 4 saturated heterocycles. The van der Waals surface area contributed by atoms with E-state index >= 15 is 9.00 Å². The molecular weight excluding hydrogens is 1480 g/mol. The molecule has 110 heavy (non-hydrogen) atoms. The number of amides is 10. The first-order valence-corrected chi connectivity index (χ1v) is 40.3. The van der Waals surface area contributed by atoms with E-state index in [0.717, 1.165) is 9.80 Å². The molecule has 35 nitrogen and oxygen atoms in total. The van der Waals surface area contributed by atoms with Crippen molar-refractivity contribution in [1.29, 1.82) is 0 Å². The van der Waals surface area contributed by atoms with E-state index in [0.29, 0.717) is 147 Å². The van der Waals surface area contributed by atoms with Gasteiger partial charge in [-0.2, -0.15) is 11.8 Å². The van der Waals surface area contributed by atoms with Gasteiger partial charge in [-0.25, -0.2) is 0 Å². The van der Waals surface area contributed by atoms with Crippen LogP contribution in [0.25, 0.3) is 0 Å². The third-order valence-corrected chi connectivity index (χ3v) is 23.3. The number of Topliss-reactive ketones (excluding diaryl/α,β-unsaturated/α-hetero) is 2. The monoisotopic (exact) mass is 1590 g/mol. The maximum atomic E-state index is 15.6. The average molecular weight is 1590 g/mol. The van der Waals surface area contributed by atoms with Crippen molar-refractivity contribution in [3.63, 3.8) is 0 Å². The van der Waals surface area contributed by atoms with Crippen LogP contribution in [0.1, 0.15) is 108 Å². The van der Waals surface area contributed by atoms with Crippen molar-refractivity contribution in [2.24, 2.45) is 29.4 Å².